The van der Waals surface area contributed by atoms with Gasteiger partial charge in [-0.1, -0.05) is 12.8 Å². The van der Waals surface area contributed by atoms with Crippen LogP contribution in [0.4, 0.5) is 0 Å². The predicted octanol–water partition coefficient (Wildman–Crippen LogP) is 1.79. The molecule has 1 atom stereocenters. The quantitative estimate of drug-likeness (QED) is 0.746. The van der Waals surface area contributed by atoms with Gasteiger partial charge < -0.3 is 10.2 Å². The van der Waals surface area contributed by atoms with Crippen LogP contribution in [0.5, 0.6) is 0 Å². The Hall–Kier alpha value is -0.120. The van der Waals surface area contributed by atoms with Crippen molar-refractivity contribution in [1.29, 1.82) is 0 Å². The summed E-state index contributed by atoms with van der Waals surface area (Å²) < 4.78 is 0. The van der Waals surface area contributed by atoms with E-state index in [0.717, 1.165) is 18.5 Å². The van der Waals surface area contributed by atoms with Crippen molar-refractivity contribution in [1.82, 2.24) is 15.1 Å². The molecular weight excluding hydrogens is 222 g/mol. The summed E-state index contributed by atoms with van der Waals surface area (Å²) >= 11 is 0. The van der Waals surface area contributed by atoms with Crippen molar-refractivity contribution in [2.45, 2.75) is 44.6 Å². The van der Waals surface area contributed by atoms with Gasteiger partial charge in [0, 0.05) is 19.1 Å². The van der Waals surface area contributed by atoms with E-state index in [9.17, 15) is 0 Å². The van der Waals surface area contributed by atoms with Crippen LogP contribution >= 0.6 is 0 Å². The molecule has 0 radical (unpaired) electrons. The highest BCUT2D eigenvalue weighted by Gasteiger charge is 2.25. The Kier molecular flexibility index (Phi) is 5.93. The minimum atomic E-state index is 0.835. The van der Waals surface area contributed by atoms with Gasteiger partial charge in [0.25, 0.3) is 0 Å². The van der Waals surface area contributed by atoms with E-state index in [1.165, 1.54) is 64.7 Å². The fourth-order valence-electron chi connectivity index (χ4n) is 3.07. The van der Waals surface area contributed by atoms with E-state index in [-0.39, 0.29) is 0 Å². The van der Waals surface area contributed by atoms with Crippen molar-refractivity contribution < 1.29 is 0 Å². The molecule has 1 aliphatic carbocycles. The molecule has 0 aromatic heterocycles. The molecular formula is C15H31N3. The molecule has 0 aromatic carbocycles. The van der Waals surface area contributed by atoms with E-state index >= 15 is 0 Å². The maximum atomic E-state index is 3.31. The van der Waals surface area contributed by atoms with Gasteiger partial charge in [0.2, 0.25) is 0 Å². The zero-order valence-electron chi connectivity index (χ0n) is 12.3. The lowest BCUT2D eigenvalue weighted by Crippen LogP contribution is -2.40. The SMILES string of the molecule is CNCCN(CCC1CC1)C1CCCN(C)CC1. The molecule has 1 saturated carbocycles. The maximum absolute atomic E-state index is 3.31. The van der Waals surface area contributed by atoms with Crippen molar-refractivity contribution in [3.8, 4) is 0 Å². The monoisotopic (exact) mass is 253 g/mol. The van der Waals surface area contributed by atoms with Gasteiger partial charge in [0.15, 0.2) is 0 Å². The molecule has 0 bridgehead atoms. The molecule has 2 aliphatic rings. The first-order valence-corrected chi connectivity index (χ1v) is 7.87. The van der Waals surface area contributed by atoms with Crippen molar-refractivity contribution in [2.24, 2.45) is 5.92 Å². The average Bonchev–Trinajstić information content (AvgIpc) is 3.18. The largest absolute Gasteiger partial charge is 0.318 e. The molecule has 0 amide bonds. The molecule has 3 nitrogen and oxygen atoms in total. The van der Waals surface area contributed by atoms with Crippen molar-refractivity contribution in [3.63, 3.8) is 0 Å². The molecule has 1 N–H and O–H groups in total. The lowest BCUT2D eigenvalue weighted by atomic mass is 10.1. The van der Waals surface area contributed by atoms with Crippen LogP contribution in [0.2, 0.25) is 0 Å². The molecule has 1 saturated heterocycles. The molecule has 106 valence electrons. The Bertz CT molecular complexity index is 228. The van der Waals surface area contributed by atoms with E-state index in [1.807, 2.05) is 0 Å². The average molecular weight is 253 g/mol. The number of hydrogen-bond acceptors (Lipinski definition) is 3. The number of likely N-dealkylation sites (tertiary alicyclic amines) is 1. The second kappa shape index (κ2) is 7.46. The van der Waals surface area contributed by atoms with Crippen LogP contribution in [0.25, 0.3) is 0 Å². The van der Waals surface area contributed by atoms with Crippen molar-refractivity contribution in [2.75, 3.05) is 46.8 Å². The summed E-state index contributed by atoms with van der Waals surface area (Å²) in [4.78, 5) is 5.27. The van der Waals surface area contributed by atoms with Gasteiger partial charge in [-0.05, 0) is 65.3 Å². The van der Waals surface area contributed by atoms with E-state index in [1.54, 1.807) is 0 Å². The summed E-state index contributed by atoms with van der Waals surface area (Å²) in [6.07, 6.45) is 8.57. The summed E-state index contributed by atoms with van der Waals surface area (Å²) in [6.45, 7) is 6.28. The third-order valence-electron chi connectivity index (χ3n) is 4.61. The number of rotatable bonds is 7. The molecule has 18 heavy (non-hydrogen) atoms. The van der Waals surface area contributed by atoms with Crippen LogP contribution < -0.4 is 5.32 Å². The third-order valence-corrected chi connectivity index (χ3v) is 4.61. The van der Waals surface area contributed by atoms with Crippen molar-refractivity contribution in [3.05, 3.63) is 0 Å². The van der Waals surface area contributed by atoms with Crippen molar-refractivity contribution >= 4 is 0 Å². The first-order chi connectivity index (χ1) is 8.79. The molecule has 1 aliphatic heterocycles. The third kappa shape index (κ3) is 4.87. The highest BCUT2D eigenvalue weighted by atomic mass is 15.2. The smallest absolute Gasteiger partial charge is 0.0110 e. The molecule has 3 heteroatoms. The standard InChI is InChI=1S/C15H31N3/c1-16-9-13-18(12-7-14-5-6-14)15-4-3-10-17(2)11-8-15/h14-16H,3-13H2,1-2H3. The lowest BCUT2D eigenvalue weighted by Gasteiger charge is -2.31. The summed E-state index contributed by atoms with van der Waals surface area (Å²) in [5.41, 5.74) is 0. The van der Waals surface area contributed by atoms with Crippen LogP contribution in [0, 0.1) is 5.92 Å². The van der Waals surface area contributed by atoms with Crippen LogP contribution in [0.1, 0.15) is 38.5 Å². The normalized spacial score (nSPS) is 26.5. The summed E-state index contributed by atoms with van der Waals surface area (Å²) in [5, 5.41) is 3.31. The highest BCUT2D eigenvalue weighted by molar-refractivity contribution is 4.80. The van der Waals surface area contributed by atoms with Gasteiger partial charge in [0.1, 0.15) is 0 Å². The Labute approximate surface area is 113 Å². The Morgan fingerprint density at radius 1 is 1.11 bits per heavy atom. The first-order valence-electron chi connectivity index (χ1n) is 7.87. The van der Waals surface area contributed by atoms with E-state index < -0.39 is 0 Å². The zero-order valence-corrected chi connectivity index (χ0v) is 12.3. The van der Waals surface area contributed by atoms with Gasteiger partial charge in [-0.3, -0.25) is 4.90 Å². The second-order valence-corrected chi connectivity index (χ2v) is 6.26. The summed E-state index contributed by atoms with van der Waals surface area (Å²) in [6, 6.07) is 0.835. The Morgan fingerprint density at radius 3 is 2.67 bits per heavy atom. The molecule has 0 aromatic rings. The van der Waals surface area contributed by atoms with Crippen LogP contribution in [0.15, 0.2) is 0 Å². The Morgan fingerprint density at radius 2 is 1.94 bits per heavy atom. The number of hydrogen-bond donors (Lipinski definition) is 1. The number of nitrogens with zero attached hydrogens (tertiary/aromatic N) is 2. The topological polar surface area (TPSA) is 18.5 Å². The molecule has 2 rings (SSSR count). The van der Waals surface area contributed by atoms with Crippen LogP contribution in [-0.2, 0) is 0 Å². The van der Waals surface area contributed by atoms with Gasteiger partial charge in [0.05, 0.1) is 0 Å². The lowest BCUT2D eigenvalue weighted by molar-refractivity contribution is 0.175. The van der Waals surface area contributed by atoms with E-state index in [0.29, 0.717) is 0 Å². The number of nitrogens with one attached hydrogen (secondary N) is 1. The highest BCUT2D eigenvalue weighted by Crippen LogP contribution is 2.32. The van der Waals surface area contributed by atoms with Gasteiger partial charge in [-0.25, -0.2) is 0 Å². The minimum Gasteiger partial charge on any atom is -0.318 e. The summed E-state index contributed by atoms with van der Waals surface area (Å²) in [5.74, 6) is 1.07. The van der Waals surface area contributed by atoms with E-state index in [2.05, 4.69) is 29.2 Å². The fourth-order valence-corrected chi connectivity index (χ4v) is 3.07. The van der Waals surface area contributed by atoms with Crippen LogP contribution in [0.3, 0.4) is 0 Å². The van der Waals surface area contributed by atoms with Gasteiger partial charge in [-0.2, -0.15) is 0 Å². The predicted molar refractivity (Wildman–Crippen MR) is 78.0 cm³/mol. The second-order valence-electron chi connectivity index (χ2n) is 6.26. The maximum Gasteiger partial charge on any atom is 0.0110 e. The summed E-state index contributed by atoms with van der Waals surface area (Å²) in [7, 11) is 4.34. The zero-order chi connectivity index (χ0) is 12.8. The van der Waals surface area contributed by atoms with Gasteiger partial charge in [-0.15, -0.1) is 0 Å². The number of likely N-dealkylation sites (N-methyl/N-ethyl adjacent to an activating group) is 1. The molecule has 0 spiro atoms. The molecule has 2 fully saturated rings. The van der Waals surface area contributed by atoms with Gasteiger partial charge >= 0.3 is 0 Å². The fraction of sp³-hybridized carbons (Fsp3) is 1.00. The Balaban J connectivity index is 1.79. The molecule has 1 unspecified atom stereocenters. The minimum absolute atomic E-state index is 0.835. The van der Waals surface area contributed by atoms with E-state index in [4.69, 9.17) is 0 Å². The first kappa shape index (κ1) is 14.3. The van der Waals surface area contributed by atoms with Crippen LogP contribution in [-0.4, -0.2) is 62.7 Å². The molecule has 1 heterocycles.